The lowest BCUT2D eigenvalue weighted by Crippen LogP contribution is -2.50. The minimum Gasteiger partial charge on any atom is -0.352 e. The molecule has 0 heterocycles. The number of carbonyl (C=O) groups is 2. The summed E-state index contributed by atoms with van der Waals surface area (Å²) < 4.78 is 0. The molecule has 0 aromatic heterocycles. The molecule has 0 spiro atoms. The molecule has 2 atom stereocenters. The highest BCUT2D eigenvalue weighted by atomic mass is 32.1. The Bertz CT molecular complexity index is 259. The highest BCUT2D eigenvalue weighted by Gasteiger charge is 2.20. The van der Waals surface area contributed by atoms with E-state index in [1.54, 1.807) is 0 Å². The molecule has 2 amide bonds. The van der Waals surface area contributed by atoms with E-state index in [4.69, 9.17) is 0 Å². The van der Waals surface area contributed by atoms with E-state index >= 15 is 0 Å². The van der Waals surface area contributed by atoms with Crippen molar-refractivity contribution in [1.82, 2.24) is 10.6 Å². The molecular formula is C13H26N2O2S. The van der Waals surface area contributed by atoms with Crippen LogP contribution in [0.2, 0.25) is 0 Å². The largest absolute Gasteiger partial charge is 0.352 e. The van der Waals surface area contributed by atoms with E-state index in [2.05, 4.69) is 37.1 Å². The predicted octanol–water partition coefficient (Wildman–Crippen LogP) is 1.90. The van der Waals surface area contributed by atoms with Crippen LogP contribution >= 0.6 is 12.6 Å². The second-order valence-corrected chi connectivity index (χ2v) is 4.94. The summed E-state index contributed by atoms with van der Waals surface area (Å²) >= 11 is 4.10. The number of hydrogen-bond donors (Lipinski definition) is 3. The fraction of sp³-hybridized carbons (Fsp3) is 0.846. The number of amides is 2. The van der Waals surface area contributed by atoms with Gasteiger partial charge < -0.3 is 10.6 Å². The molecule has 5 heteroatoms. The predicted molar refractivity (Wildman–Crippen MR) is 77.8 cm³/mol. The van der Waals surface area contributed by atoms with Crippen molar-refractivity contribution in [3.05, 3.63) is 0 Å². The Kier molecular flexibility index (Phi) is 9.83. The minimum absolute atomic E-state index is 0.130. The third kappa shape index (κ3) is 7.58. The number of unbranched alkanes of at least 4 members (excludes halogenated alkanes) is 1. The summed E-state index contributed by atoms with van der Waals surface area (Å²) in [4.78, 5) is 23.0. The van der Waals surface area contributed by atoms with Gasteiger partial charge in [-0.05, 0) is 12.8 Å². The van der Waals surface area contributed by atoms with Crippen molar-refractivity contribution in [3.8, 4) is 0 Å². The standard InChI is InChI=1S/C13H26N2O2S/c1-4-6-8-11(7-5-2)15-13(17)12(9-18)14-10(3)16/h11-12,18H,4-9H2,1-3H3,(H,14,16)(H,15,17). The SMILES string of the molecule is CCCCC(CCC)NC(=O)C(CS)NC(C)=O. The molecule has 0 saturated carbocycles. The first kappa shape index (κ1) is 17.3. The van der Waals surface area contributed by atoms with Gasteiger partial charge in [0.15, 0.2) is 0 Å². The van der Waals surface area contributed by atoms with Gasteiger partial charge in [-0.15, -0.1) is 0 Å². The molecule has 0 bridgehead atoms. The molecule has 2 N–H and O–H groups in total. The summed E-state index contributed by atoms with van der Waals surface area (Å²) in [7, 11) is 0. The normalized spacial score (nSPS) is 13.8. The summed E-state index contributed by atoms with van der Waals surface area (Å²) in [5.41, 5.74) is 0. The van der Waals surface area contributed by atoms with Crippen LogP contribution in [0.25, 0.3) is 0 Å². The highest BCUT2D eigenvalue weighted by Crippen LogP contribution is 2.07. The molecule has 18 heavy (non-hydrogen) atoms. The summed E-state index contributed by atoms with van der Waals surface area (Å²) in [6, 6.07) is -0.328. The van der Waals surface area contributed by atoms with Crippen LogP contribution < -0.4 is 10.6 Å². The first-order chi connectivity index (χ1) is 8.54. The van der Waals surface area contributed by atoms with Crippen molar-refractivity contribution in [3.63, 3.8) is 0 Å². The molecule has 106 valence electrons. The van der Waals surface area contributed by atoms with Crippen LogP contribution in [0.5, 0.6) is 0 Å². The molecule has 0 rings (SSSR count). The Hall–Kier alpha value is -0.710. The molecule has 0 fully saturated rings. The number of rotatable bonds is 9. The number of carbonyl (C=O) groups excluding carboxylic acids is 2. The van der Waals surface area contributed by atoms with E-state index in [-0.39, 0.29) is 17.9 Å². The van der Waals surface area contributed by atoms with Gasteiger partial charge >= 0.3 is 0 Å². The zero-order valence-corrected chi connectivity index (χ0v) is 12.6. The third-order valence-electron chi connectivity index (χ3n) is 2.77. The summed E-state index contributed by atoms with van der Waals surface area (Å²) in [6.07, 6.45) is 5.25. The maximum Gasteiger partial charge on any atom is 0.243 e. The summed E-state index contributed by atoms with van der Waals surface area (Å²) in [5, 5.41) is 5.61. The van der Waals surface area contributed by atoms with Crippen LogP contribution in [0.1, 0.15) is 52.9 Å². The molecule has 0 aliphatic rings. The van der Waals surface area contributed by atoms with E-state index in [1.165, 1.54) is 6.92 Å². The van der Waals surface area contributed by atoms with Crippen molar-refractivity contribution in [2.45, 2.75) is 65.0 Å². The summed E-state index contributed by atoms with van der Waals surface area (Å²) in [5.74, 6) is -0.0163. The Morgan fingerprint density at radius 2 is 1.78 bits per heavy atom. The quantitative estimate of drug-likeness (QED) is 0.562. The van der Waals surface area contributed by atoms with Gasteiger partial charge in [0, 0.05) is 18.7 Å². The third-order valence-corrected chi connectivity index (χ3v) is 3.13. The molecule has 0 aliphatic carbocycles. The molecule has 0 aromatic carbocycles. The van der Waals surface area contributed by atoms with Crippen LogP contribution in [0.4, 0.5) is 0 Å². The Balaban J connectivity index is 4.31. The van der Waals surface area contributed by atoms with Gasteiger partial charge in [-0.3, -0.25) is 9.59 Å². The zero-order chi connectivity index (χ0) is 14.0. The van der Waals surface area contributed by atoms with Crippen LogP contribution in [0.15, 0.2) is 0 Å². The van der Waals surface area contributed by atoms with Crippen LogP contribution in [-0.2, 0) is 9.59 Å². The molecule has 4 nitrogen and oxygen atoms in total. The fourth-order valence-corrected chi connectivity index (χ4v) is 2.09. The first-order valence-electron chi connectivity index (χ1n) is 6.73. The van der Waals surface area contributed by atoms with Crippen molar-refractivity contribution >= 4 is 24.4 Å². The second-order valence-electron chi connectivity index (χ2n) is 4.57. The van der Waals surface area contributed by atoms with E-state index in [1.807, 2.05) is 0 Å². The van der Waals surface area contributed by atoms with Crippen LogP contribution in [0.3, 0.4) is 0 Å². The average molecular weight is 274 g/mol. The second kappa shape index (κ2) is 10.2. The molecule has 0 aliphatic heterocycles. The Morgan fingerprint density at radius 1 is 1.11 bits per heavy atom. The minimum atomic E-state index is -0.535. The van der Waals surface area contributed by atoms with Crippen LogP contribution in [0, 0.1) is 0 Å². The zero-order valence-electron chi connectivity index (χ0n) is 11.7. The highest BCUT2D eigenvalue weighted by molar-refractivity contribution is 7.80. The van der Waals surface area contributed by atoms with Gasteiger partial charge in [0.25, 0.3) is 0 Å². The van der Waals surface area contributed by atoms with Gasteiger partial charge in [0.1, 0.15) is 6.04 Å². The lowest BCUT2D eigenvalue weighted by atomic mass is 10.0. The van der Waals surface area contributed by atoms with E-state index in [9.17, 15) is 9.59 Å². The lowest BCUT2D eigenvalue weighted by molar-refractivity contribution is -0.128. The van der Waals surface area contributed by atoms with Gasteiger partial charge in [-0.2, -0.15) is 12.6 Å². The van der Waals surface area contributed by atoms with Gasteiger partial charge in [0.2, 0.25) is 11.8 Å². The lowest BCUT2D eigenvalue weighted by Gasteiger charge is -2.22. The van der Waals surface area contributed by atoms with Gasteiger partial charge in [-0.25, -0.2) is 0 Å². The molecule has 0 aromatic rings. The Labute approximate surface area is 116 Å². The Morgan fingerprint density at radius 3 is 2.22 bits per heavy atom. The summed E-state index contributed by atoms with van der Waals surface area (Å²) in [6.45, 7) is 5.65. The topological polar surface area (TPSA) is 58.2 Å². The average Bonchev–Trinajstić information content (AvgIpc) is 2.32. The van der Waals surface area contributed by atoms with Crippen molar-refractivity contribution < 1.29 is 9.59 Å². The monoisotopic (exact) mass is 274 g/mol. The van der Waals surface area contributed by atoms with Crippen molar-refractivity contribution in [1.29, 1.82) is 0 Å². The fourth-order valence-electron chi connectivity index (χ4n) is 1.83. The first-order valence-corrected chi connectivity index (χ1v) is 7.36. The van der Waals surface area contributed by atoms with E-state index < -0.39 is 6.04 Å². The maximum atomic E-state index is 12.0. The van der Waals surface area contributed by atoms with E-state index in [0.717, 1.165) is 32.1 Å². The van der Waals surface area contributed by atoms with E-state index in [0.29, 0.717) is 5.75 Å². The smallest absolute Gasteiger partial charge is 0.243 e. The van der Waals surface area contributed by atoms with Crippen LogP contribution in [-0.4, -0.2) is 29.7 Å². The molecule has 0 radical (unpaired) electrons. The van der Waals surface area contributed by atoms with Gasteiger partial charge in [-0.1, -0.05) is 33.1 Å². The number of thiol groups is 1. The van der Waals surface area contributed by atoms with Gasteiger partial charge in [0.05, 0.1) is 0 Å². The molecule has 2 unspecified atom stereocenters. The number of nitrogens with one attached hydrogen (secondary N) is 2. The molecular weight excluding hydrogens is 248 g/mol. The van der Waals surface area contributed by atoms with Crippen molar-refractivity contribution in [2.75, 3.05) is 5.75 Å². The molecule has 0 saturated heterocycles. The number of hydrogen-bond acceptors (Lipinski definition) is 3. The maximum absolute atomic E-state index is 12.0. The van der Waals surface area contributed by atoms with Crippen molar-refractivity contribution in [2.24, 2.45) is 0 Å².